The molecule has 0 saturated carbocycles. The molecule has 4 heteroatoms. The van der Waals surface area contributed by atoms with Gasteiger partial charge in [-0.3, -0.25) is 0 Å². The first-order chi connectivity index (χ1) is 11.0. The number of aryl methyl sites for hydroxylation is 1. The zero-order valence-corrected chi connectivity index (χ0v) is 14.2. The summed E-state index contributed by atoms with van der Waals surface area (Å²) < 4.78 is 10.4. The van der Waals surface area contributed by atoms with Gasteiger partial charge in [0.1, 0.15) is 25.1 Å². The number of carbonyl (C=O) groups is 1. The van der Waals surface area contributed by atoms with E-state index >= 15 is 0 Å². The molecule has 128 valence electrons. The van der Waals surface area contributed by atoms with Gasteiger partial charge in [-0.2, -0.15) is 0 Å². The standard InChI is InChI=1S/C19H28O4/c1-4-5-6-7-8-16-9-11-18(12-10-16)22-13-17(20)14-23-19(21)15(2)3/h9-12,17,20H,2,4-8,13-14H2,1,3H3. The summed E-state index contributed by atoms with van der Waals surface area (Å²) in [5.74, 6) is 0.198. The van der Waals surface area contributed by atoms with Crippen molar-refractivity contribution in [1.82, 2.24) is 0 Å². The number of hydrogen-bond acceptors (Lipinski definition) is 4. The maximum absolute atomic E-state index is 11.2. The molecule has 1 unspecified atom stereocenters. The predicted octanol–water partition coefficient (Wildman–Crippen LogP) is 3.67. The van der Waals surface area contributed by atoms with Crippen LogP contribution < -0.4 is 4.74 Å². The normalized spacial score (nSPS) is 11.8. The Hall–Kier alpha value is -1.81. The second-order valence-corrected chi connectivity index (χ2v) is 5.80. The topological polar surface area (TPSA) is 55.8 Å². The molecular weight excluding hydrogens is 292 g/mol. The van der Waals surface area contributed by atoms with Crippen LogP contribution in [0.2, 0.25) is 0 Å². The number of aliphatic hydroxyl groups is 1. The average molecular weight is 320 g/mol. The largest absolute Gasteiger partial charge is 0.491 e. The molecule has 1 rings (SSSR count). The Morgan fingerprint density at radius 1 is 1.17 bits per heavy atom. The van der Waals surface area contributed by atoms with E-state index in [-0.39, 0.29) is 13.2 Å². The Balaban J connectivity index is 2.26. The van der Waals surface area contributed by atoms with E-state index in [0.717, 1.165) is 6.42 Å². The van der Waals surface area contributed by atoms with Gasteiger partial charge < -0.3 is 14.6 Å². The van der Waals surface area contributed by atoms with Crippen LogP contribution >= 0.6 is 0 Å². The second kappa shape index (κ2) is 10.8. The number of esters is 1. The minimum Gasteiger partial charge on any atom is -0.491 e. The number of rotatable bonds is 11. The third kappa shape index (κ3) is 8.41. The highest BCUT2D eigenvalue weighted by Gasteiger charge is 2.10. The lowest BCUT2D eigenvalue weighted by atomic mass is 10.1. The van der Waals surface area contributed by atoms with Crippen LogP contribution in [0.3, 0.4) is 0 Å². The van der Waals surface area contributed by atoms with Crippen LogP contribution in [0, 0.1) is 0 Å². The maximum atomic E-state index is 11.2. The third-order valence-electron chi connectivity index (χ3n) is 3.44. The Morgan fingerprint density at radius 3 is 2.48 bits per heavy atom. The number of hydrogen-bond donors (Lipinski definition) is 1. The first kappa shape index (κ1) is 19.2. The van der Waals surface area contributed by atoms with Crippen molar-refractivity contribution in [2.45, 2.75) is 52.1 Å². The van der Waals surface area contributed by atoms with E-state index in [4.69, 9.17) is 9.47 Å². The molecule has 0 aliphatic rings. The van der Waals surface area contributed by atoms with Crippen LogP contribution in [-0.4, -0.2) is 30.4 Å². The van der Waals surface area contributed by atoms with Crippen LogP contribution in [0.5, 0.6) is 5.75 Å². The summed E-state index contributed by atoms with van der Waals surface area (Å²) in [7, 11) is 0. The zero-order valence-electron chi connectivity index (χ0n) is 14.2. The summed E-state index contributed by atoms with van der Waals surface area (Å²) >= 11 is 0. The molecule has 1 atom stereocenters. The summed E-state index contributed by atoms with van der Waals surface area (Å²) in [6, 6.07) is 7.91. The van der Waals surface area contributed by atoms with Crippen molar-refractivity contribution < 1.29 is 19.4 Å². The Bertz CT molecular complexity index is 479. The molecule has 0 aliphatic carbocycles. The Morgan fingerprint density at radius 2 is 1.87 bits per heavy atom. The number of ether oxygens (including phenoxy) is 2. The fourth-order valence-electron chi connectivity index (χ4n) is 2.04. The molecule has 4 nitrogen and oxygen atoms in total. The van der Waals surface area contributed by atoms with Gasteiger partial charge in [0.05, 0.1) is 0 Å². The van der Waals surface area contributed by atoms with Crippen LogP contribution in [0.4, 0.5) is 0 Å². The van der Waals surface area contributed by atoms with Crippen molar-refractivity contribution in [2.24, 2.45) is 0 Å². The number of aliphatic hydroxyl groups excluding tert-OH is 1. The summed E-state index contributed by atoms with van der Waals surface area (Å²) in [6.45, 7) is 7.24. The van der Waals surface area contributed by atoms with Gasteiger partial charge in [0.15, 0.2) is 0 Å². The van der Waals surface area contributed by atoms with Crippen LogP contribution in [0.15, 0.2) is 36.4 Å². The summed E-state index contributed by atoms with van der Waals surface area (Å²) in [6.07, 6.45) is 5.24. The lowest BCUT2D eigenvalue weighted by Gasteiger charge is -2.13. The maximum Gasteiger partial charge on any atom is 0.333 e. The van der Waals surface area contributed by atoms with E-state index in [0.29, 0.717) is 11.3 Å². The van der Waals surface area contributed by atoms with Crippen LogP contribution in [-0.2, 0) is 16.0 Å². The Labute approximate surface area is 139 Å². The highest BCUT2D eigenvalue weighted by atomic mass is 16.5. The van der Waals surface area contributed by atoms with Gasteiger partial charge in [0.25, 0.3) is 0 Å². The highest BCUT2D eigenvalue weighted by Crippen LogP contribution is 2.15. The third-order valence-corrected chi connectivity index (χ3v) is 3.44. The van der Waals surface area contributed by atoms with Gasteiger partial charge in [0, 0.05) is 5.57 Å². The molecular formula is C19H28O4. The first-order valence-electron chi connectivity index (χ1n) is 8.25. The highest BCUT2D eigenvalue weighted by molar-refractivity contribution is 5.86. The first-order valence-corrected chi connectivity index (χ1v) is 8.25. The molecule has 0 aromatic heterocycles. The van der Waals surface area contributed by atoms with Gasteiger partial charge in [-0.25, -0.2) is 4.79 Å². The molecule has 1 aromatic rings. The molecule has 1 aromatic carbocycles. The van der Waals surface area contributed by atoms with Gasteiger partial charge in [-0.05, 0) is 37.5 Å². The molecule has 0 aliphatic heterocycles. The van der Waals surface area contributed by atoms with E-state index in [1.807, 2.05) is 12.1 Å². The lowest BCUT2D eigenvalue weighted by Crippen LogP contribution is -2.25. The molecule has 0 amide bonds. The molecule has 1 N–H and O–H groups in total. The van der Waals surface area contributed by atoms with Crippen molar-refractivity contribution in [3.8, 4) is 5.75 Å². The van der Waals surface area contributed by atoms with Crippen LogP contribution in [0.25, 0.3) is 0 Å². The average Bonchev–Trinajstić information content (AvgIpc) is 2.55. The fourth-order valence-corrected chi connectivity index (χ4v) is 2.04. The SMILES string of the molecule is C=C(C)C(=O)OCC(O)COc1ccc(CCCCCC)cc1. The van der Waals surface area contributed by atoms with Crippen LogP contribution in [0.1, 0.15) is 45.1 Å². The lowest BCUT2D eigenvalue weighted by molar-refractivity contribution is -0.142. The minimum atomic E-state index is -0.855. The van der Waals surface area contributed by atoms with E-state index in [1.165, 1.54) is 31.2 Å². The number of carbonyl (C=O) groups excluding carboxylic acids is 1. The fraction of sp³-hybridized carbons (Fsp3) is 0.526. The minimum absolute atomic E-state index is 0.0827. The van der Waals surface area contributed by atoms with E-state index < -0.39 is 12.1 Å². The molecule has 0 bridgehead atoms. The van der Waals surface area contributed by atoms with Crippen molar-refractivity contribution >= 4 is 5.97 Å². The van der Waals surface area contributed by atoms with E-state index in [2.05, 4.69) is 25.6 Å². The van der Waals surface area contributed by atoms with E-state index in [1.54, 1.807) is 6.92 Å². The summed E-state index contributed by atoms with van der Waals surface area (Å²) in [5.41, 5.74) is 1.61. The van der Waals surface area contributed by atoms with Gasteiger partial charge >= 0.3 is 5.97 Å². The number of unbranched alkanes of at least 4 members (excludes halogenated alkanes) is 3. The smallest absolute Gasteiger partial charge is 0.333 e. The van der Waals surface area contributed by atoms with Gasteiger partial charge in [-0.1, -0.05) is 44.9 Å². The predicted molar refractivity (Wildman–Crippen MR) is 91.6 cm³/mol. The quantitative estimate of drug-likeness (QED) is 0.384. The molecule has 0 spiro atoms. The monoisotopic (exact) mass is 320 g/mol. The van der Waals surface area contributed by atoms with Crippen molar-refractivity contribution in [2.75, 3.05) is 13.2 Å². The number of benzene rings is 1. The summed E-state index contributed by atoms with van der Waals surface area (Å²) in [5, 5.41) is 9.73. The molecule has 0 heterocycles. The zero-order chi connectivity index (χ0) is 17.1. The van der Waals surface area contributed by atoms with Crippen molar-refractivity contribution in [3.05, 3.63) is 42.0 Å². The molecule has 0 saturated heterocycles. The Kier molecular flexibility index (Phi) is 9.07. The van der Waals surface area contributed by atoms with Gasteiger partial charge in [-0.15, -0.1) is 0 Å². The molecule has 0 radical (unpaired) electrons. The van der Waals surface area contributed by atoms with Gasteiger partial charge in [0.2, 0.25) is 0 Å². The summed E-state index contributed by atoms with van der Waals surface area (Å²) in [4.78, 5) is 11.2. The van der Waals surface area contributed by atoms with E-state index in [9.17, 15) is 9.90 Å². The molecule has 23 heavy (non-hydrogen) atoms. The van der Waals surface area contributed by atoms with Crippen molar-refractivity contribution in [1.29, 1.82) is 0 Å². The van der Waals surface area contributed by atoms with Crippen molar-refractivity contribution in [3.63, 3.8) is 0 Å². The second-order valence-electron chi connectivity index (χ2n) is 5.80. The molecule has 0 fully saturated rings.